The zero-order valence-electron chi connectivity index (χ0n) is 15.1. The number of aryl methyl sites for hydroxylation is 1. The van der Waals surface area contributed by atoms with Crippen molar-refractivity contribution < 1.29 is 9.53 Å². The summed E-state index contributed by atoms with van der Waals surface area (Å²) in [6, 6.07) is 15.9. The molecule has 0 aliphatic carbocycles. The highest BCUT2D eigenvalue weighted by Gasteiger charge is 2.22. The zero-order valence-corrected chi connectivity index (χ0v) is 15.1. The maximum Gasteiger partial charge on any atom is 0.253 e. The Balaban J connectivity index is 1.54. The highest BCUT2D eigenvalue weighted by atomic mass is 16.5. The number of nitrogens with zero attached hydrogens (tertiary/aromatic N) is 2. The van der Waals surface area contributed by atoms with Crippen molar-refractivity contribution in [1.29, 1.82) is 0 Å². The van der Waals surface area contributed by atoms with Gasteiger partial charge in [-0.2, -0.15) is 0 Å². The third-order valence-corrected chi connectivity index (χ3v) is 4.73. The first-order chi connectivity index (χ1) is 12.2. The molecule has 0 aromatic heterocycles. The molecule has 2 aromatic rings. The summed E-state index contributed by atoms with van der Waals surface area (Å²) in [5.74, 6) is 0.917. The van der Waals surface area contributed by atoms with E-state index in [4.69, 9.17) is 4.74 Å². The minimum absolute atomic E-state index is 0.110. The molecule has 1 amide bonds. The van der Waals surface area contributed by atoms with Crippen molar-refractivity contribution in [3.05, 3.63) is 65.2 Å². The van der Waals surface area contributed by atoms with Crippen LogP contribution < -0.4 is 4.74 Å². The highest BCUT2D eigenvalue weighted by molar-refractivity contribution is 5.94. The average Bonchev–Trinajstić information content (AvgIpc) is 2.65. The van der Waals surface area contributed by atoms with E-state index in [9.17, 15) is 4.79 Å². The molecule has 0 spiro atoms. The molecule has 0 unspecified atom stereocenters. The van der Waals surface area contributed by atoms with Crippen LogP contribution in [0.4, 0.5) is 0 Å². The Morgan fingerprint density at radius 2 is 1.68 bits per heavy atom. The molecule has 1 aliphatic rings. The van der Waals surface area contributed by atoms with Gasteiger partial charge in [0, 0.05) is 38.3 Å². The second-order valence-corrected chi connectivity index (χ2v) is 6.45. The molecule has 0 bridgehead atoms. The molecule has 4 heteroatoms. The average molecular weight is 338 g/mol. The summed E-state index contributed by atoms with van der Waals surface area (Å²) in [7, 11) is 0. The number of rotatable bonds is 5. The monoisotopic (exact) mass is 338 g/mol. The molecule has 3 rings (SSSR count). The Morgan fingerprint density at radius 1 is 1.00 bits per heavy atom. The molecular formula is C21H26N2O2. The Morgan fingerprint density at radius 3 is 2.32 bits per heavy atom. The number of carbonyl (C=O) groups is 1. The van der Waals surface area contributed by atoms with Crippen LogP contribution >= 0.6 is 0 Å². The second-order valence-electron chi connectivity index (χ2n) is 6.45. The first-order valence-corrected chi connectivity index (χ1v) is 8.96. The molecule has 2 aromatic carbocycles. The van der Waals surface area contributed by atoms with E-state index in [-0.39, 0.29) is 5.91 Å². The predicted octanol–water partition coefficient (Wildman–Crippen LogP) is 3.35. The van der Waals surface area contributed by atoms with Gasteiger partial charge in [0.15, 0.2) is 0 Å². The van der Waals surface area contributed by atoms with Gasteiger partial charge < -0.3 is 9.64 Å². The number of hydrogen-bond donors (Lipinski definition) is 0. The van der Waals surface area contributed by atoms with Gasteiger partial charge in [-0.05, 0) is 49.2 Å². The molecule has 25 heavy (non-hydrogen) atoms. The van der Waals surface area contributed by atoms with Crippen LogP contribution in [0.5, 0.6) is 5.75 Å². The molecule has 132 valence electrons. The number of benzene rings is 2. The van der Waals surface area contributed by atoms with Crippen molar-refractivity contribution in [3.8, 4) is 5.75 Å². The fraction of sp³-hybridized carbons (Fsp3) is 0.381. The maximum atomic E-state index is 12.7. The van der Waals surface area contributed by atoms with E-state index in [0.717, 1.165) is 44.0 Å². The fourth-order valence-corrected chi connectivity index (χ4v) is 3.18. The van der Waals surface area contributed by atoms with Gasteiger partial charge in [-0.15, -0.1) is 0 Å². The van der Waals surface area contributed by atoms with E-state index in [1.165, 1.54) is 11.1 Å². The fourth-order valence-electron chi connectivity index (χ4n) is 3.18. The van der Waals surface area contributed by atoms with Crippen LogP contribution in [0, 0.1) is 6.92 Å². The first-order valence-electron chi connectivity index (χ1n) is 8.96. The van der Waals surface area contributed by atoms with Gasteiger partial charge in [0.05, 0.1) is 6.61 Å². The zero-order chi connectivity index (χ0) is 17.6. The van der Waals surface area contributed by atoms with Gasteiger partial charge >= 0.3 is 0 Å². The summed E-state index contributed by atoms with van der Waals surface area (Å²) in [6.45, 7) is 9.08. The topological polar surface area (TPSA) is 32.8 Å². The number of ether oxygens (including phenoxy) is 1. The molecule has 0 radical (unpaired) electrons. The molecule has 1 fully saturated rings. The molecule has 0 saturated carbocycles. The smallest absolute Gasteiger partial charge is 0.253 e. The standard InChI is InChI=1S/C21H26N2O2/c1-3-25-20-10-8-18(9-11-20)21(24)23-14-12-22(13-15-23)16-19-7-5-4-6-17(19)2/h4-11H,3,12-16H2,1-2H3. The third kappa shape index (κ3) is 4.40. The summed E-state index contributed by atoms with van der Waals surface area (Å²) in [4.78, 5) is 17.0. The van der Waals surface area contributed by atoms with E-state index in [1.54, 1.807) is 0 Å². The SMILES string of the molecule is CCOc1ccc(C(=O)N2CCN(Cc3ccccc3C)CC2)cc1. The Labute approximate surface area is 150 Å². The van der Waals surface area contributed by atoms with Gasteiger partial charge in [0.2, 0.25) is 0 Å². The van der Waals surface area contributed by atoms with Crippen molar-refractivity contribution >= 4 is 5.91 Å². The summed E-state index contributed by atoms with van der Waals surface area (Å²) in [6.07, 6.45) is 0. The second kappa shape index (κ2) is 8.17. The van der Waals surface area contributed by atoms with E-state index >= 15 is 0 Å². The number of amides is 1. The van der Waals surface area contributed by atoms with Gasteiger partial charge in [-0.1, -0.05) is 24.3 Å². The van der Waals surface area contributed by atoms with Crippen molar-refractivity contribution in [2.45, 2.75) is 20.4 Å². The number of carbonyl (C=O) groups excluding carboxylic acids is 1. The van der Waals surface area contributed by atoms with Crippen molar-refractivity contribution in [2.24, 2.45) is 0 Å². The lowest BCUT2D eigenvalue weighted by atomic mass is 10.1. The molecular weight excluding hydrogens is 312 g/mol. The van der Waals surface area contributed by atoms with Crippen molar-refractivity contribution in [1.82, 2.24) is 9.80 Å². The summed E-state index contributed by atoms with van der Waals surface area (Å²) < 4.78 is 5.43. The van der Waals surface area contributed by atoms with Crippen LogP contribution in [-0.2, 0) is 6.54 Å². The van der Waals surface area contributed by atoms with Crippen LogP contribution in [0.25, 0.3) is 0 Å². The van der Waals surface area contributed by atoms with Gasteiger partial charge in [0.25, 0.3) is 5.91 Å². The van der Waals surface area contributed by atoms with Gasteiger partial charge in [-0.25, -0.2) is 0 Å². The minimum atomic E-state index is 0.110. The van der Waals surface area contributed by atoms with Gasteiger partial charge in [-0.3, -0.25) is 9.69 Å². The van der Waals surface area contributed by atoms with Crippen LogP contribution in [0.3, 0.4) is 0 Å². The lowest BCUT2D eigenvalue weighted by Gasteiger charge is -2.35. The van der Waals surface area contributed by atoms with E-state index in [0.29, 0.717) is 6.61 Å². The van der Waals surface area contributed by atoms with E-state index in [1.807, 2.05) is 36.1 Å². The van der Waals surface area contributed by atoms with Crippen molar-refractivity contribution in [3.63, 3.8) is 0 Å². The van der Waals surface area contributed by atoms with Crippen molar-refractivity contribution in [2.75, 3.05) is 32.8 Å². The highest BCUT2D eigenvalue weighted by Crippen LogP contribution is 2.16. The lowest BCUT2D eigenvalue weighted by molar-refractivity contribution is 0.0628. The van der Waals surface area contributed by atoms with Crippen LogP contribution in [0.1, 0.15) is 28.4 Å². The quantitative estimate of drug-likeness (QED) is 0.838. The minimum Gasteiger partial charge on any atom is -0.494 e. The largest absolute Gasteiger partial charge is 0.494 e. The Hall–Kier alpha value is -2.33. The molecule has 0 atom stereocenters. The van der Waals surface area contributed by atoms with Crippen LogP contribution in [-0.4, -0.2) is 48.5 Å². The molecule has 1 heterocycles. The molecule has 1 aliphatic heterocycles. The number of piperazine rings is 1. The maximum absolute atomic E-state index is 12.7. The van der Waals surface area contributed by atoms with Crippen LogP contribution in [0.15, 0.2) is 48.5 Å². The van der Waals surface area contributed by atoms with Gasteiger partial charge in [0.1, 0.15) is 5.75 Å². The third-order valence-electron chi connectivity index (χ3n) is 4.73. The molecule has 1 saturated heterocycles. The first kappa shape index (κ1) is 17.5. The Kier molecular flexibility index (Phi) is 5.71. The van der Waals surface area contributed by atoms with E-state index in [2.05, 4.69) is 36.1 Å². The number of hydrogen-bond acceptors (Lipinski definition) is 3. The summed E-state index contributed by atoms with van der Waals surface area (Å²) in [5.41, 5.74) is 3.43. The molecule has 0 N–H and O–H groups in total. The van der Waals surface area contributed by atoms with Crippen LogP contribution in [0.2, 0.25) is 0 Å². The predicted molar refractivity (Wildman–Crippen MR) is 100.0 cm³/mol. The van der Waals surface area contributed by atoms with E-state index < -0.39 is 0 Å². The Bertz CT molecular complexity index is 704. The summed E-state index contributed by atoms with van der Waals surface area (Å²) >= 11 is 0. The normalized spacial score (nSPS) is 15.2. The lowest BCUT2D eigenvalue weighted by Crippen LogP contribution is -2.48. The summed E-state index contributed by atoms with van der Waals surface area (Å²) in [5, 5.41) is 0. The molecule has 4 nitrogen and oxygen atoms in total.